The van der Waals surface area contributed by atoms with Crippen molar-refractivity contribution in [1.29, 1.82) is 0 Å². The Balaban J connectivity index is 1.47. The van der Waals surface area contributed by atoms with E-state index in [1.54, 1.807) is 17.4 Å². The molecule has 0 aliphatic carbocycles. The van der Waals surface area contributed by atoms with E-state index < -0.39 is 16.0 Å². The first-order valence-corrected chi connectivity index (χ1v) is 13.7. The van der Waals surface area contributed by atoms with Crippen LogP contribution >= 0.6 is 11.3 Å². The summed E-state index contributed by atoms with van der Waals surface area (Å²) in [5.41, 5.74) is 1.19. The normalized spacial score (nSPS) is 14.3. The maximum atomic E-state index is 12.9. The minimum atomic E-state index is -3.58. The van der Waals surface area contributed by atoms with Gasteiger partial charge in [-0.1, -0.05) is 25.2 Å². The summed E-state index contributed by atoms with van der Waals surface area (Å²) in [5, 5.41) is 1.00. The molecule has 2 heterocycles. The van der Waals surface area contributed by atoms with Crippen molar-refractivity contribution < 1.29 is 17.9 Å². The molecule has 0 radical (unpaired) electrons. The Bertz CT molecular complexity index is 1210. The lowest BCUT2D eigenvalue weighted by molar-refractivity contribution is 0.0735. The number of hydrogen-bond acceptors (Lipinski definition) is 7. The minimum absolute atomic E-state index is 0.182. The van der Waals surface area contributed by atoms with E-state index in [1.807, 2.05) is 26.0 Å². The van der Waals surface area contributed by atoms with Crippen LogP contribution in [0.3, 0.4) is 0 Å². The molecule has 1 aliphatic rings. The van der Waals surface area contributed by atoms with Gasteiger partial charge in [0.15, 0.2) is 5.13 Å². The summed E-state index contributed by atoms with van der Waals surface area (Å²) in [4.78, 5) is 19.8. The van der Waals surface area contributed by atoms with E-state index in [-0.39, 0.29) is 4.90 Å². The van der Waals surface area contributed by atoms with Crippen molar-refractivity contribution >= 4 is 42.7 Å². The second-order valence-corrected chi connectivity index (χ2v) is 11.1. The van der Waals surface area contributed by atoms with Gasteiger partial charge in [0.1, 0.15) is 5.75 Å². The van der Waals surface area contributed by atoms with Gasteiger partial charge >= 0.3 is 5.97 Å². The Labute approximate surface area is 199 Å². The van der Waals surface area contributed by atoms with Crippen molar-refractivity contribution in [2.75, 3.05) is 31.1 Å². The Kier molecular flexibility index (Phi) is 7.31. The predicted octanol–water partition coefficient (Wildman–Crippen LogP) is 4.93. The van der Waals surface area contributed by atoms with E-state index >= 15 is 0 Å². The second kappa shape index (κ2) is 10.2. The zero-order valence-corrected chi connectivity index (χ0v) is 20.6. The van der Waals surface area contributed by atoms with Crippen molar-refractivity contribution in [3.05, 3.63) is 48.0 Å². The van der Waals surface area contributed by atoms with Gasteiger partial charge in [-0.2, -0.15) is 4.31 Å². The number of fused-ring (bicyclic) bond motifs is 1. The average molecular weight is 488 g/mol. The monoisotopic (exact) mass is 487 g/mol. The summed E-state index contributed by atoms with van der Waals surface area (Å²) in [6.45, 7) is 6.91. The van der Waals surface area contributed by atoms with Crippen molar-refractivity contribution in [1.82, 2.24) is 9.29 Å². The van der Waals surface area contributed by atoms with Crippen LogP contribution in [0.4, 0.5) is 5.13 Å². The van der Waals surface area contributed by atoms with Gasteiger partial charge in [0, 0.05) is 32.2 Å². The fourth-order valence-corrected chi connectivity index (χ4v) is 6.60. The Morgan fingerprint density at radius 2 is 1.73 bits per heavy atom. The highest BCUT2D eigenvalue weighted by atomic mass is 32.2. The highest BCUT2D eigenvalue weighted by molar-refractivity contribution is 7.89. The lowest BCUT2D eigenvalue weighted by Crippen LogP contribution is -2.32. The molecule has 4 rings (SSSR count). The van der Waals surface area contributed by atoms with E-state index in [1.165, 1.54) is 41.4 Å². The lowest BCUT2D eigenvalue weighted by Gasteiger charge is -2.21. The molecule has 1 aliphatic heterocycles. The molecule has 0 N–H and O–H groups in total. The van der Waals surface area contributed by atoms with Crippen molar-refractivity contribution in [2.45, 2.75) is 44.4 Å². The van der Waals surface area contributed by atoms with Gasteiger partial charge in [0.25, 0.3) is 0 Å². The van der Waals surface area contributed by atoms with Crippen LogP contribution < -0.4 is 9.64 Å². The van der Waals surface area contributed by atoms with Crippen LogP contribution in [0.25, 0.3) is 10.2 Å². The molecule has 1 aromatic heterocycles. The molecule has 7 nitrogen and oxygen atoms in total. The quantitative estimate of drug-likeness (QED) is 0.315. The lowest BCUT2D eigenvalue weighted by atomic mass is 10.2. The molecule has 2 aromatic carbocycles. The van der Waals surface area contributed by atoms with Crippen LogP contribution in [-0.4, -0.2) is 49.9 Å². The smallest absolute Gasteiger partial charge is 0.343 e. The number of hydrogen-bond donors (Lipinski definition) is 0. The molecule has 1 fully saturated rings. The van der Waals surface area contributed by atoms with Crippen molar-refractivity contribution in [2.24, 2.45) is 0 Å². The average Bonchev–Trinajstić information content (AvgIpc) is 3.48. The molecule has 0 spiro atoms. The highest BCUT2D eigenvalue weighted by Crippen LogP contribution is 2.33. The number of carbonyl (C=O) groups is 1. The fourth-order valence-electron chi connectivity index (χ4n) is 3.93. The molecular weight excluding hydrogens is 458 g/mol. The second-order valence-electron chi connectivity index (χ2n) is 8.14. The van der Waals surface area contributed by atoms with Crippen molar-refractivity contribution in [3.8, 4) is 5.75 Å². The molecule has 0 saturated carbocycles. The van der Waals surface area contributed by atoms with Crippen LogP contribution in [0.2, 0.25) is 0 Å². The number of benzene rings is 2. The molecule has 3 aromatic rings. The summed E-state index contributed by atoms with van der Waals surface area (Å²) >= 11 is 1.60. The van der Waals surface area contributed by atoms with E-state index in [9.17, 15) is 13.2 Å². The third kappa shape index (κ3) is 5.20. The zero-order valence-electron chi connectivity index (χ0n) is 19.0. The number of thiazole rings is 1. The zero-order chi connectivity index (χ0) is 23.4. The van der Waals surface area contributed by atoms with Crippen LogP contribution in [0.15, 0.2) is 47.4 Å². The van der Waals surface area contributed by atoms with Crippen molar-refractivity contribution in [3.63, 3.8) is 0 Å². The van der Waals surface area contributed by atoms with E-state index in [4.69, 9.17) is 4.74 Å². The number of sulfonamides is 1. The number of anilines is 1. The number of ether oxygens (including phenoxy) is 1. The number of rotatable bonds is 9. The fraction of sp³-hybridized carbons (Fsp3) is 0.417. The Morgan fingerprint density at radius 1 is 1.06 bits per heavy atom. The molecule has 33 heavy (non-hydrogen) atoms. The third-order valence-corrected chi connectivity index (χ3v) is 8.60. The van der Waals surface area contributed by atoms with E-state index in [0.717, 1.165) is 41.3 Å². The van der Waals surface area contributed by atoms with Gasteiger partial charge in [-0.05, 0) is 62.1 Å². The molecule has 0 amide bonds. The summed E-state index contributed by atoms with van der Waals surface area (Å²) in [6, 6.07) is 11.4. The van der Waals surface area contributed by atoms with Crippen LogP contribution in [0, 0.1) is 0 Å². The minimum Gasteiger partial charge on any atom is -0.423 e. The number of esters is 1. The predicted molar refractivity (Wildman–Crippen MR) is 132 cm³/mol. The summed E-state index contributed by atoms with van der Waals surface area (Å²) in [6.07, 6.45) is 3.86. The van der Waals surface area contributed by atoms with Gasteiger partial charge in [-0.15, -0.1) is 0 Å². The molecule has 1 saturated heterocycles. The van der Waals surface area contributed by atoms with Gasteiger partial charge in [0.05, 0.1) is 20.7 Å². The molecule has 176 valence electrons. The summed E-state index contributed by atoms with van der Waals surface area (Å²) < 4.78 is 33.8. The molecule has 0 bridgehead atoms. The standard InChI is InChI=1S/C24H29N3O4S2/c1-3-13-27(14-4-2)33(29,30)20-10-7-18(8-11-20)23(28)31-19-9-12-21-22(17-19)32-24(25-21)26-15-5-6-16-26/h7-12,17H,3-6,13-16H2,1-2H3. The summed E-state index contributed by atoms with van der Waals surface area (Å²) in [5.74, 6) is -0.0839. The first-order valence-electron chi connectivity index (χ1n) is 11.4. The highest BCUT2D eigenvalue weighted by Gasteiger charge is 2.23. The Morgan fingerprint density at radius 3 is 2.36 bits per heavy atom. The molecule has 0 unspecified atom stereocenters. The molecule has 9 heteroatoms. The van der Waals surface area contributed by atoms with Gasteiger partial charge in [-0.25, -0.2) is 18.2 Å². The van der Waals surface area contributed by atoms with Gasteiger partial charge in [-0.3, -0.25) is 0 Å². The van der Waals surface area contributed by atoms with Gasteiger partial charge < -0.3 is 9.64 Å². The molecular formula is C24H29N3O4S2. The number of nitrogens with zero attached hydrogens (tertiary/aromatic N) is 3. The first-order chi connectivity index (χ1) is 15.9. The number of aromatic nitrogens is 1. The third-order valence-electron chi connectivity index (χ3n) is 5.61. The van der Waals surface area contributed by atoms with Crippen LogP contribution in [0.5, 0.6) is 5.75 Å². The topological polar surface area (TPSA) is 79.8 Å². The SMILES string of the molecule is CCCN(CCC)S(=O)(=O)c1ccc(C(=O)Oc2ccc3nc(N4CCCC4)sc3c2)cc1. The van der Waals surface area contributed by atoms with Crippen LogP contribution in [0.1, 0.15) is 49.9 Å². The van der Waals surface area contributed by atoms with E-state index in [0.29, 0.717) is 24.4 Å². The van der Waals surface area contributed by atoms with Gasteiger partial charge in [0.2, 0.25) is 10.0 Å². The maximum absolute atomic E-state index is 12.9. The first kappa shape index (κ1) is 23.7. The maximum Gasteiger partial charge on any atom is 0.343 e. The van der Waals surface area contributed by atoms with Crippen LogP contribution in [-0.2, 0) is 10.0 Å². The molecule has 0 atom stereocenters. The summed E-state index contributed by atoms with van der Waals surface area (Å²) in [7, 11) is -3.58. The Hall–Kier alpha value is -2.49. The van der Waals surface area contributed by atoms with E-state index in [2.05, 4.69) is 9.88 Å². The number of carbonyl (C=O) groups excluding carboxylic acids is 1. The largest absolute Gasteiger partial charge is 0.423 e.